The summed E-state index contributed by atoms with van der Waals surface area (Å²) < 4.78 is 36.8. The number of piperidine rings is 1. The van der Waals surface area contributed by atoms with Gasteiger partial charge in [-0.1, -0.05) is 0 Å². The zero-order valence-corrected chi connectivity index (χ0v) is 12.2. The van der Waals surface area contributed by atoms with Gasteiger partial charge in [-0.25, -0.2) is 0 Å². The van der Waals surface area contributed by atoms with E-state index in [4.69, 9.17) is 0 Å². The van der Waals surface area contributed by atoms with Crippen molar-refractivity contribution in [2.75, 3.05) is 26.2 Å². The van der Waals surface area contributed by atoms with Crippen LogP contribution in [0.2, 0.25) is 0 Å². The predicted octanol–water partition coefficient (Wildman–Crippen LogP) is 0.687. The van der Waals surface area contributed by atoms with Gasteiger partial charge in [-0.15, -0.1) is 12.4 Å². The van der Waals surface area contributed by atoms with Gasteiger partial charge in [0, 0.05) is 19.0 Å². The predicted molar refractivity (Wildman–Crippen MR) is 72.0 cm³/mol. The molecule has 122 valence electrons. The van der Waals surface area contributed by atoms with Crippen LogP contribution < -0.4 is 10.6 Å². The van der Waals surface area contributed by atoms with Crippen molar-refractivity contribution in [1.82, 2.24) is 15.5 Å². The lowest BCUT2D eigenvalue weighted by Crippen LogP contribution is -2.45. The van der Waals surface area contributed by atoms with Gasteiger partial charge in [-0.05, 0) is 25.9 Å². The van der Waals surface area contributed by atoms with Crippen molar-refractivity contribution in [2.45, 2.75) is 31.5 Å². The number of carbonyl (C=O) groups excluding carboxylic acids is 2. The van der Waals surface area contributed by atoms with E-state index in [1.807, 2.05) is 0 Å². The van der Waals surface area contributed by atoms with E-state index in [0.717, 1.165) is 25.9 Å². The smallest absolute Gasteiger partial charge is 0.353 e. The third kappa shape index (κ3) is 5.35. The molecule has 2 N–H and O–H groups in total. The van der Waals surface area contributed by atoms with Crippen LogP contribution in [0.1, 0.15) is 19.3 Å². The summed E-state index contributed by atoms with van der Waals surface area (Å²) in [5.74, 6) is -1.58. The highest BCUT2D eigenvalue weighted by Gasteiger charge is 2.40. The van der Waals surface area contributed by atoms with E-state index >= 15 is 0 Å². The van der Waals surface area contributed by atoms with E-state index in [2.05, 4.69) is 10.6 Å². The summed E-state index contributed by atoms with van der Waals surface area (Å²) in [6.45, 7) is 0.210. The lowest BCUT2D eigenvalue weighted by molar-refractivity contribution is -0.157. The standard InChI is InChI=1S/C12H18F3N3O2.ClH/c13-12(14,15)7-18-6-8(5-10(18)19)11(20)17-9-1-3-16-4-2-9;/h8-9,16H,1-7H2,(H,17,20);1H. The van der Waals surface area contributed by atoms with Gasteiger partial charge in [0.25, 0.3) is 0 Å². The van der Waals surface area contributed by atoms with Crippen molar-refractivity contribution in [2.24, 2.45) is 5.92 Å². The number of alkyl halides is 3. The summed E-state index contributed by atoms with van der Waals surface area (Å²) in [5.41, 5.74) is 0. The molecule has 5 nitrogen and oxygen atoms in total. The Labute approximate surface area is 127 Å². The Morgan fingerprint density at radius 1 is 1.33 bits per heavy atom. The second-order valence-corrected chi connectivity index (χ2v) is 5.32. The van der Waals surface area contributed by atoms with Gasteiger partial charge in [-0.2, -0.15) is 13.2 Å². The Kier molecular flexibility index (Phi) is 6.27. The molecule has 2 heterocycles. The maximum Gasteiger partial charge on any atom is 0.406 e. The monoisotopic (exact) mass is 329 g/mol. The zero-order valence-electron chi connectivity index (χ0n) is 11.4. The molecule has 1 atom stereocenters. The fraction of sp³-hybridized carbons (Fsp3) is 0.833. The Balaban J connectivity index is 0.00000220. The van der Waals surface area contributed by atoms with E-state index in [0.29, 0.717) is 4.90 Å². The topological polar surface area (TPSA) is 61.4 Å². The van der Waals surface area contributed by atoms with Gasteiger partial charge in [-0.3, -0.25) is 9.59 Å². The fourth-order valence-corrected chi connectivity index (χ4v) is 2.60. The number of nitrogens with one attached hydrogen (secondary N) is 2. The first-order chi connectivity index (χ1) is 9.35. The number of rotatable bonds is 3. The summed E-state index contributed by atoms with van der Waals surface area (Å²) in [5, 5.41) is 5.98. The minimum Gasteiger partial charge on any atom is -0.353 e. The molecule has 2 aliphatic heterocycles. The van der Waals surface area contributed by atoms with E-state index < -0.39 is 24.5 Å². The molecule has 0 aromatic rings. The summed E-state index contributed by atoms with van der Waals surface area (Å²) in [7, 11) is 0. The van der Waals surface area contributed by atoms with E-state index in [1.54, 1.807) is 0 Å². The Morgan fingerprint density at radius 2 is 1.95 bits per heavy atom. The van der Waals surface area contributed by atoms with Crippen molar-refractivity contribution in [3.8, 4) is 0 Å². The Hall–Kier alpha value is -1.02. The second kappa shape index (κ2) is 7.31. The van der Waals surface area contributed by atoms with Crippen LogP contribution in [0.15, 0.2) is 0 Å². The van der Waals surface area contributed by atoms with Crippen LogP contribution in [-0.4, -0.2) is 55.1 Å². The van der Waals surface area contributed by atoms with E-state index in [-0.39, 0.29) is 37.3 Å². The molecule has 1 unspecified atom stereocenters. The molecule has 0 aromatic heterocycles. The highest BCUT2D eigenvalue weighted by atomic mass is 35.5. The number of nitrogens with zero attached hydrogens (tertiary/aromatic N) is 1. The largest absolute Gasteiger partial charge is 0.406 e. The fourth-order valence-electron chi connectivity index (χ4n) is 2.60. The average Bonchev–Trinajstić information content (AvgIpc) is 2.70. The van der Waals surface area contributed by atoms with Crippen LogP contribution in [0.4, 0.5) is 13.2 Å². The highest BCUT2D eigenvalue weighted by molar-refractivity contribution is 5.89. The summed E-state index contributed by atoms with van der Waals surface area (Å²) >= 11 is 0. The van der Waals surface area contributed by atoms with Gasteiger partial charge in [0.1, 0.15) is 6.54 Å². The van der Waals surface area contributed by atoms with Gasteiger partial charge in [0.15, 0.2) is 0 Å². The van der Waals surface area contributed by atoms with Gasteiger partial charge >= 0.3 is 6.18 Å². The minimum absolute atomic E-state index is 0. The number of halogens is 4. The Bertz CT molecular complexity index is 386. The number of hydrogen-bond donors (Lipinski definition) is 2. The van der Waals surface area contributed by atoms with Gasteiger partial charge < -0.3 is 15.5 Å². The number of carbonyl (C=O) groups is 2. The highest BCUT2D eigenvalue weighted by Crippen LogP contribution is 2.24. The summed E-state index contributed by atoms with van der Waals surface area (Å²) in [4.78, 5) is 24.2. The lowest BCUT2D eigenvalue weighted by atomic mass is 10.0. The molecule has 0 spiro atoms. The molecule has 2 rings (SSSR count). The minimum atomic E-state index is -4.42. The van der Waals surface area contributed by atoms with Crippen LogP contribution >= 0.6 is 12.4 Å². The van der Waals surface area contributed by atoms with Crippen molar-refractivity contribution in [3.63, 3.8) is 0 Å². The molecule has 2 amide bonds. The normalized spacial score (nSPS) is 23.9. The molecule has 21 heavy (non-hydrogen) atoms. The van der Waals surface area contributed by atoms with Crippen molar-refractivity contribution >= 4 is 24.2 Å². The number of amides is 2. The zero-order chi connectivity index (χ0) is 14.8. The quantitative estimate of drug-likeness (QED) is 0.801. The number of hydrogen-bond acceptors (Lipinski definition) is 3. The third-order valence-electron chi connectivity index (χ3n) is 3.64. The van der Waals surface area contributed by atoms with E-state index in [9.17, 15) is 22.8 Å². The molecule has 2 aliphatic rings. The summed E-state index contributed by atoms with van der Waals surface area (Å²) in [6, 6.07) is 0.0514. The summed E-state index contributed by atoms with van der Waals surface area (Å²) in [6.07, 6.45) is -2.94. The molecule has 0 bridgehead atoms. The van der Waals surface area contributed by atoms with Gasteiger partial charge in [0.2, 0.25) is 11.8 Å². The van der Waals surface area contributed by atoms with Crippen LogP contribution in [-0.2, 0) is 9.59 Å². The maximum atomic E-state index is 12.3. The lowest BCUT2D eigenvalue weighted by Gasteiger charge is -2.25. The van der Waals surface area contributed by atoms with Crippen LogP contribution in [0.3, 0.4) is 0 Å². The van der Waals surface area contributed by atoms with Crippen molar-refractivity contribution in [1.29, 1.82) is 0 Å². The molecular formula is C12H19ClF3N3O2. The first-order valence-electron chi connectivity index (χ1n) is 6.71. The molecule has 0 aliphatic carbocycles. The van der Waals surface area contributed by atoms with Crippen LogP contribution in [0, 0.1) is 5.92 Å². The molecule has 9 heteroatoms. The number of likely N-dealkylation sites (tertiary alicyclic amines) is 1. The first-order valence-corrected chi connectivity index (χ1v) is 6.71. The average molecular weight is 330 g/mol. The molecule has 0 saturated carbocycles. The molecule has 0 aromatic carbocycles. The Morgan fingerprint density at radius 3 is 2.52 bits per heavy atom. The second-order valence-electron chi connectivity index (χ2n) is 5.32. The first kappa shape index (κ1) is 18.0. The molecule has 0 radical (unpaired) electrons. The van der Waals surface area contributed by atoms with Gasteiger partial charge in [0.05, 0.1) is 5.92 Å². The molecule has 2 fully saturated rings. The SMILES string of the molecule is Cl.O=C(NC1CCNCC1)C1CC(=O)N(CC(F)(F)F)C1. The van der Waals surface area contributed by atoms with Crippen molar-refractivity contribution in [3.05, 3.63) is 0 Å². The maximum absolute atomic E-state index is 12.3. The van der Waals surface area contributed by atoms with E-state index in [1.165, 1.54) is 0 Å². The molecule has 2 saturated heterocycles. The van der Waals surface area contributed by atoms with Crippen molar-refractivity contribution < 1.29 is 22.8 Å². The molecular weight excluding hydrogens is 311 g/mol. The third-order valence-corrected chi connectivity index (χ3v) is 3.64. The van der Waals surface area contributed by atoms with Crippen LogP contribution in [0.5, 0.6) is 0 Å². The van der Waals surface area contributed by atoms with Crippen LogP contribution in [0.25, 0.3) is 0 Å².